The lowest BCUT2D eigenvalue weighted by Gasteiger charge is -2.22. The zero-order valence-corrected chi connectivity index (χ0v) is 14.7. The van der Waals surface area contributed by atoms with Crippen LogP contribution in [-0.4, -0.2) is 16.1 Å². The summed E-state index contributed by atoms with van der Waals surface area (Å²) in [7, 11) is 0. The Labute approximate surface area is 154 Å². The Hall–Kier alpha value is -2.79. The van der Waals surface area contributed by atoms with Crippen molar-refractivity contribution in [1.29, 1.82) is 0 Å². The van der Waals surface area contributed by atoms with Crippen molar-refractivity contribution in [3.8, 4) is 12.3 Å². The first-order chi connectivity index (χ1) is 12.8. The highest BCUT2D eigenvalue weighted by molar-refractivity contribution is 5.38. The van der Waals surface area contributed by atoms with Gasteiger partial charge in [-0.15, -0.1) is 6.42 Å². The lowest BCUT2D eigenvalue weighted by molar-refractivity contribution is -0.137. The molecule has 1 aromatic heterocycles. The van der Waals surface area contributed by atoms with Crippen molar-refractivity contribution >= 4 is 5.95 Å². The van der Waals surface area contributed by atoms with Gasteiger partial charge < -0.3 is 10.6 Å². The van der Waals surface area contributed by atoms with E-state index in [9.17, 15) is 18.0 Å². The van der Waals surface area contributed by atoms with E-state index in [-0.39, 0.29) is 18.1 Å². The van der Waals surface area contributed by atoms with E-state index in [1.54, 1.807) is 6.92 Å². The molecule has 0 fully saturated rings. The molecule has 1 aliphatic heterocycles. The largest absolute Gasteiger partial charge is 0.416 e. The Balaban J connectivity index is 1.91. The molecule has 27 heavy (non-hydrogen) atoms. The molecule has 2 N–H and O–H groups in total. The van der Waals surface area contributed by atoms with Crippen molar-refractivity contribution in [2.24, 2.45) is 0 Å². The zero-order chi connectivity index (χ0) is 19.6. The molecule has 0 amide bonds. The summed E-state index contributed by atoms with van der Waals surface area (Å²) in [5, 5.41) is 6.25. The van der Waals surface area contributed by atoms with Gasteiger partial charge in [0.15, 0.2) is 0 Å². The molecule has 1 atom stereocenters. The Bertz CT molecular complexity index is 926. The Morgan fingerprint density at radius 1 is 1.37 bits per heavy atom. The summed E-state index contributed by atoms with van der Waals surface area (Å²) >= 11 is 0. The molecule has 0 aliphatic carbocycles. The van der Waals surface area contributed by atoms with Crippen molar-refractivity contribution in [2.45, 2.75) is 38.7 Å². The Morgan fingerprint density at radius 2 is 2.07 bits per heavy atom. The normalized spacial score (nSPS) is 14.9. The minimum Gasteiger partial charge on any atom is -0.349 e. The highest BCUT2D eigenvalue weighted by Crippen LogP contribution is 2.30. The summed E-state index contributed by atoms with van der Waals surface area (Å²) < 4.78 is 39.5. The number of halogens is 3. The van der Waals surface area contributed by atoms with Gasteiger partial charge in [0.25, 0.3) is 5.56 Å². The maximum absolute atomic E-state index is 12.7. The van der Waals surface area contributed by atoms with Gasteiger partial charge in [-0.2, -0.15) is 13.2 Å². The van der Waals surface area contributed by atoms with E-state index in [1.165, 1.54) is 16.7 Å². The summed E-state index contributed by atoms with van der Waals surface area (Å²) in [5.41, 5.74) is 1.05. The molecule has 0 saturated carbocycles. The van der Waals surface area contributed by atoms with Gasteiger partial charge in [0.2, 0.25) is 5.95 Å². The molecule has 1 unspecified atom stereocenters. The number of benzene rings is 1. The first-order valence-corrected chi connectivity index (χ1v) is 8.51. The molecule has 0 radical (unpaired) electrons. The second-order valence-corrected chi connectivity index (χ2v) is 6.37. The van der Waals surface area contributed by atoms with Gasteiger partial charge in [0.1, 0.15) is 0 Å². The summed E-state index contributed by atoms with van der Waals surface area (Å²) in [5.74, 6) is 2.77. The molecule has 5 nitrogen and oxygen atoms in total. The van der Waals surface area contributed by atoms with E-state index in [2.05, 4.69) is 21.5 Å². The van der Waals surface area contributed by atoms with Crippen LogP contribution in [-0.2, 0) is 25.7 Å². The second-order valence-electron chi connectivity index (χ2n) is 6.37. The highest BCUT2D eigenvalue weighted by Gasteiger charge is 2.30. The molecule has 2 aromatic rings. The molecule has 142 valence electrons. The number of alkyl halides is 3. The van der Waals surface area contributed by atoms with Gasteiger partial charge in [-0.25, -0.2) is 4.98 Å². The monoisotopic (exact) mass is 376 g/mol. The first kappa shape index (κ1) is 19.0. The van der Waals surface area contributed by atoms with Crippen LogP contribution in [0.3, 0.4) is 0 Å². The third-order valence-electron chi connectivity index (χ3n) is 4.52. The Morgan fingerprint density at radius 3 is 2.70 bits per heavy atom. The van der Waals surface area contributed by atoms with Gasteiger partial charge in [-0.3, -0.25) is 9.36 Å². The number of hydrogen-bond acceptors (Lipinski definition) is 4. The number of nitrogens with one attached hydrogen (secondary N) is 2. The third kappa shape index (κ3) is 3.98. The van der Waals surface area contributed by atoms with Crippen LogP contribution < -0.4 is 16.2 Å². The molecular weight excluding hydrogens is 357 g/mol. The van der Waals surface area contributed by atoms with Crippen molar-refractivity contribution in [1.82, 2.24) is 14.9 Å². The standard InChI is InChI=1S/C19H19F3N4O/c1-3-10-26-17(27)15-11-23-9-8-16(15)25-18(26)24-12(2)13-4-6-14(7-5-13)19(20,21)22/h1,4-7,12,23H,8-11H2,2H3,(H,24,25). The van der Waals surface area contributed by atoms with E-state index in [1.807, 2.05) is 0 Å². The fourth-order valence-electron chi connectivity index (χ4n) is 3.03. The van der Waals surface area contributed by atoms with Crippen LogP contribution in [0.5, 0.6) is 0 Å². The summed E-state index contributed by atoms with van der Waals surface area (Å²) in [6.45, 7) is 3.02. The summed E-state index contributed by atoms with van der Waals surface area (Å²) in [6.07, 6.45) is 1.64. The van der Waals surface area contributed by atoms with Crippen molar-refractivity contribution in [3.63, 3.8) is 0 Å². The zero-order valence-electron chi connectivity index (χ0n) is 14.7. The van der Waals surface area contributed by atoms with Gasteiger partial charge >= 0.3 is 6.18 Å². The van der Waals surface area contributed by atoms with Crippen LogP contribution >= 0.6 is 0 Å². The topological polar surface area (TPSA) is 59.0 Å². The fourth-order valence-corrected chi connectivity index (χ4v) is 3.03. The van der Waals surface area contributed by atoms with Crippen LogP contribution in [0, 0.1) is 12.3 Å². The average Bonchev–Trinajstić information content (AvgIpc) is 2.64. The van der Waals surface area contributed by atoms with Crippen molar-refractivity contribution in [2.75, 3.05) is 11.9 Å². The molecule has 0 bridgehead atoms. The number of hydrogen-bond donors (Lipinski definition) is 2. The maximum atomic E-state index is 12.7. The molecule has 8 heteroatoms. The van der Waals surface area contributed by atoms with Crippen LogP contribution in [0.25, 0.3) is 0 Å². The number of rotatable bonds is 4. The lowest BCUT2D eigenvalue weighted by atomic mass is 10.1. The smallest absolute Gasteiger partial charge is 0.349 e. The molecule has 2 heterocycles. The highest BCUT2D eigenvalue weighted by atomic mass is 19.4. The van der Waals surface area contributed by atoms with Crippen LogP contribution in [0.1, 0.15) is 35.3 Å². The van der Waals surface area contributed by atoms with E-state index in [0.717, 1.165) is 18.7 Å². The number of terminal acetylenes is 1. The predicted molar refractivity (Wildman–Crippen MR) is 96.2 cm³/mol. The molecule has 1 aromatic carbocycles. The first-order valence-electron chi connectivity index (χ1n) is 8.51. The van der Waals surface area contributed by atoms with Gasteiger partial charge in [0, 0.05) is 19.5 Å². The number of anilines is 1. The molecule has 3 rings (SSSR count). The maximum Gasteiger partial charge on any atom is 0.416 e. The number of nitrogens with zero attached hydrogens (tertiary/aromatic N) is 2. The minimum absolute atomic E-state index is 0.0567. The SMILES string of the molecule is C#CCn1c(NC(C)c2ccc(C(F)(F)F)cc2)nc2c(c1=O)CNCC2. The lowest BCUT2D eigenvalue weighted by Crippen LogP contribution is -2.36. The van der Waals surface area contributed by atoms with Crippen LogP contribution in [0.15, 0.2) is 29.1 Å². The molecular formula is C19H19F3N4O. The van der Waals surface area contributed by atoms with E-state index in [0.29, 0.717) is 35.7 Å². The van der Waals surface area contributed by atoms with Crippen molar-refractivity contribution < 1.29 is 13.2 Å². The second kappa shape index (κ2) is 7.45. The van der Waals surface area contributed by atoms with E-state index >= 15 is 0 Å². The molecule has 1 aliphatic rings. The predicted octanol–water partition coefficient (Wildman–Crippen LogP) is 2.71. The van der Waals surface area contributed by atoms with Crippen LogP contribution in [0.2, 0.25) is 0 Å². The van der Waals surface area contributed by atoms with Gasteiger partial charge in [0.05, 0.1) is 29.4 Å². The van der Waals surface area contributed by atoms with Gasteiger partial charge in [-0.1, -0.05) is 18.1 Å². The molecule has 0 spiro atoms. The van der Waals surface area contributed by atoms with Crippen molar-refractivity contribution in [3.05, 3.63) is 57.0 Å². The number of fused-ring (bicyclic) bond motifs is 1. The molecule has 0 saturated heterocycles. The van der Waals surface area contributed by atoms with Crippen LogP contribution in [0.4, 0.5) is 19.1 Å². The Kier molecular flexibility index (Phi) is 5.24. The summed E-state index contributed by atoms with van der Waals surface area (Å²) in [6, 6.07) is 4.53. The van der Waals surface area contributed by atoms with E-state index in [4.69, 9.17) is 6.42 Å². The third-order valence-corrected chi connectivity index (χ3v) is 4.52. The quantitative estimate of drug-likeness (QED) is 0.806. The number of aromatic nitrogens is 2. The fraction of sp³-hybridized carbons (Fsp3) is 0.368. The van der Waals surface area contributed by atoms with E-state index < -0.39 is 11.7 Å². The average molecular weight is 376 g/mol. The van der Waals surface area contributed by atoms with Gasteiger partial charge in [-0.05, 0) is 24.6 Å². The minimum atomic E-state index is -4.38. The summed E-state index contributed by atoms with van der Waals surface area (Å²) in [4.78, 5) is 17.3.